The molecular formula is C22H21FN6O. The highest BCUT2D eigenvalue weighted by atomic mass is 19.1. The SMILES string of the molecule is CCc1cnc(-n2c(C)nc3c(C(N)=O)cccc32)nc1NCc1cccc(F)c1. The third-order valence-electron chi connectivity index (χ3n) is 4.90. The maximum absolute atomic E-state index is 13.5. The Morgan fingerprint density at radius 3 is 2.73 bits per heavy atom. The minimum atomic E-state index is -0.537. The zero-order valence-corrected chi connectivity index (χ0v) is 16.7. The molecule has 2 aromatic carbocycles. The summed E-state index contributed by atoms with van der Waals surface area (Å²) in [6.45, 7) is 4.27. The van der Waals surface area contributed by atoms with Crippen LogP contribution >= 0.6 is 0 Å². The van der Waals surface area contributed by atoms with Gasteiger partial charge in [-0.3, -0.25) is 9.36 Å². The van der Waals surface area contributed by atoms with Crippen molar-refractivity contribution in [2.24, 2.45) is 5.73 Å². The third-order valence-corrected chi connectivity index (χ3v) is 4.90. The summed E-state index contributed by atoms with van der Waals surface area (Å²) in [5.41, 5.74) is 8.80. The summed E-state index contributed by atoms with van der Waals surface area (Å²) in [5, 5.41) is 3.28. The highest BCUT2D eigenvalue weighted by Crippen LogP contribution is 2.24. The minimum Gasteiger partial charge on any atom is -0.366 e. The van der Waals surface area contributed by atoms with Gasteiger partial charge < -0.3 is 11.1 Å². The van der Waals surface area contributed by atoms with Crippen LogP contribution in [0.5, 0.6) is 0 Å². The van der Waals surface area contributed by atoms with E-state index in [0.717, 1.165) is 17.5 Å². The van der Waals surface area contributed by atoms with Gasteiger partial charge in [-0.1, -0.05) is 25.1 Å². The molecule has 0 saturated heterocycles. The first kappa shape index (κ1) is 19.5. The van der Waals surface area contributed by atoms with E-state index in [4.69, 9.17) is 10.7 Å². The van der Waals surface area contributed by atoms with Crippen molar-refractivity contribution in [1.82, 2.24) is 19.5 Å². The Hall–Kier alpha value is -3.81. The Morgan fingerprint density at radius 1 is 1.20 bits per heavy atom. The molecule has 0 radical (unpaired) electrons. The molecular weight excluding hydrogens is 383 g/mol. The van der Waals surface area contributed by atoms with Crippen molar-refractivity contribution >= 4 is 22.8 Å². The van der Waals surface area contributed by atoms with Crippen LogP contribution in [0.3, 0.4) is 0 Å². The molecule has 152 valence electrons. The first-order valence-corrected chi connectivity index (χ1v) is 9.60. The number of fused-ring (bicyclic) bond motifs is 1. The number of hydrogen-bond donors (Lipinski definition) is 2. The summed E-state index contributed by atoms with van der Waals surface area (Å²) in [4.78, 5) is 25.5. The van der Waals surface area contributed by atoms with E-state index in [2.05, 4.69) is 15.3 Å². The van der Waals surface area contributed by atoms with Crippen molar-refractivity contribution in [3.8, 4) is 5.95 Å². The molecule has 2 heterocycles. The first-order valence-electron chi connectivity index (χ1n) is 9.60. The maximum atomic E-state index is 13.5. The molecule has 7 nitrogen and oxygen atoms in total. The van der Waals surface area contributed by atoms with Gasteiger partial charge >= 0.3 is 0 Å². The fourth-order valence-electron chi connectivity index (χ4n) is 3.42. The van der Waals surface area contributed by atoms with E-state index in [1.807, 2.05) is 26.0 Å². The second-order valence-electron chi connectivity index (χ2n) is 6.91. The fourth-order valence-corrected chi connectivity index (χ4v) is 3.42. The van der Waals surface area contributed by atoms with Crippen LogP contribution in [0.2, 0.25) is 0 Å². The topological polar surface area (TPSA) is 98.7 Å². The fraction of sp³-hybridized carbons (Fsp3) is 0.182. The Balaban J connectivity index is 1.75. The number of halogens is 1. The molecule has 0 atom stereocenters. The van der Waals surface area contributed by atoms with Gasteiger partial charge in [0.1, 0.15) is 23.0 Å². The van der Waals surface area contributed by atoms with Crippen LogP contribution < -0.4 is 11.1 Å². The second kappa shape index (κ2) is 7.90. The molecule has 0 spiro atoms. The Morgan fingerprint density at radius 2 is 2.00 bits per heavy atom. The molecule has 3 N–H and O–H groups in total. The van der Waals surface area contributed by atoms with Crippen LogP contribution in [0.4, 0.5) is 10.2 Å². The minimum absolute atomic E-state index is 0.279. The number of carbonyl (C=O) groups excluding carboxylic acids is 1. The summed E-state index contributed by atoms with van der Waals surface area (Å²) in [6.07, 6.45) is 2.50. The summed E-state index contributed by atoms with van der Waals surface area (Å²) in [5.74, 6) is 0.915. The van der Waals surface area contributed by atoms with Gasteiger partial charge in [-0.05, 0) is 43.2 Å². The normalized spacial score (nSPS) is 11.0. The number of nitrogens with zero attached hydrogens (tertiary/aromatic N) is 4. The number of aryl methyl sites for hydroxylation is 2. The van der Waals surface area contributed by atoms with Crippen molar-refractivity contribution in [1.29, 1.82) is 0 Å². The van der Waals surface area contributed by atoms with Crippen molar-refractivity contribution in [2.75, 3.05) is 5.32 Å². The molecule has 8 heteroatoms. The Labute approximate surface area is 172 Å². The number of nitrogens with two attached hydrogens (primary N) is 1. The Kier molecular flexibility index (Phi) is 5.14. The van der Waals surface area contributed by atoms with Crippen LogP contribution in [0, 0.1) is 12.7 Å². The number of anilines is 1. The number of para-hydroxylation sites is 1. The van der Waals surface area contributed by atoms with E-state index in [-0.39, 0.29) is 5.82 Å². The third kappa shape index (κ3) is 3.59. The molecule has 0 aliphatic carbocycles. The van der Waals surface area contributed by atoms with Gasteiger partial charge in [-0.25, -0.2) is 14.4 Å². The molecule has 0 aliphatic rings. The molecule has 1 amide bonds. The maximum Gasteiger partial charge on any atom is 0.250 e. The highest BCUT2D eigenvalue weighted by Gasteiger charge is 2.17. The molecule has 0 saturated carbocycles. The van der Waals surface area contributed by atoms with Gasteiger partial charge in [0.15, 0.2) is 0 Å². The number of hydrogen-bond acceptors (Lipinski definition) is 5. The lowest BCUT2D eigenvalue weighted by molar-refractivity contribution is 0.100. The summed E-state index contributed by atoms with van der Waals surface area (Å²) >= 11 is 0. The van der Waals surface area contributed by atoms with Gasteiger partial charge in [-0.15, -0.1) is 0 Å². The van der Waals surface area contributed by atoms with Gasteiger partial charge in [-0.2, -0.15) is 4.98 Å². The van der Waals surface area contributed by atoms with Crippen LogP contribution in [0.15, 0.2) is 48.7 Å². The highest BCUT2D eigenvalue weighted by molar-refractivity contribution is 6.04. The quantitative estimate of drug-likeness (QED) is 0.512. The first-order chi connectivity index (χ1) is 14.5. The van der Waals surface area contributed by atoms with Gasteiger partial charge in [0.05, 0.1) is 11.1 Å². The largest absolute Gasteiger partial charge is 0.366 e. The second-order valence-corrected chi connectivity index (χ2v) is 6.91. The van der Waals surface area contributed by atoms with Gasteiger partial charge in [0.25, 0.3) is 5.91 Å². The molecule has 0 aliphatic heterocycles. The number of aromatic nitrogens is 4. The lowest BCUT2D eigenvalue weighted by atomic mass is 10.2. The van der Waals surface area contributed by atoms with E-state index in [1.165, 1.54) is 12.1 Å². The smallest absolute Gasteiger partial charge is 0.250 e. The standard InChI is InChI=1S/C22H21FN6O/c1-3-15-12-26-22(28-21(15)25-11-14-6-4-7-16(23)10-14)29-13(2)27-19-17(20(24)30)8-5-9-18(19)29/h4-10,12H,3,11H2,1-2H3,(H2,24,30)(H,25,26,28). The van der Waals surface area contributed by atoms with Crippen LogP contribution in [-0.4, -0.2) is 25.4 Å². The predicted molar refractivity (Wildman–Crippen MR) is 113 cm³/mol. The molecule has 0 unspecified atom stereocenters. The predicted octanol–water partition coefficient (Wildman–Crippen LogP) is 3.54. The summed E-state index contributed by atoms with van der Waals surface area (Å²) < 4.78 is 15.3. The zero-order valence-electron chi connectivity index (χ0n) is 16.7. The van der Waals surface area contributed by atoms with Crippen molar-refractivity contribution < 1.29 is 9.18 Å². The average Bonchev–Trinajstić information content (AvgIpc) is 3.07. The van der Waals surface area contributed by atoms with E-state index in [1.54, 1.807) is 29.0 Å². The zero-order chi connectivity index (χ0) is 21.3. The van der Waals surface area contributed by atoms with E-state index < -0.39 is 5.91 Å². The van der Waals surface area contributed by atoms with Crippen molar-refractivity contribution in [3.05, 3.63) is 77.0 Å². The molecule has 4 rings (SSSR count). The summed E-state index contributed by atoms with van der Waals surface area (Å²) in [6, 6.07) is 11.7. The Bertz CT molecular complexity index is 1250. The van der Waals surface area contributed by atoms with Gasteiger partial charge in [0, 0.05) is 18.3 Å². The van der Waals surface area contributed by atoms with E-state index in [9.17, 15) is 9.18 Å². The van der Waals surface area contributed by atoms with E-state index >= 15 is 0 Å². The molecule has 2 aromatic heterocycles. The number of amides is 1. The van der Waals surface area contributed by atoms with Gasteiger partial charge in [0.2, 0.25) is 5.95 Å². The number of imidazole rings is 1. The number of carbonyl (C=O) groups is 1. The molecule has 30 heavy (non-hydrogen) atoms. The molecule has 0 fully saturated rings. The van der Waals surface area contributed by atoms with Crippen LogP contribution in [0.1, 0.15) is 34.2 Å². The monoisotopic (exact) mass is 404 g/mol. The van der Waals surface area contributed by atoms with Crippen molar-refractivity contribution in [3.63, 3.8) is 0 Å². The number of rotatable bonds is 6. The summed E-state index contributed by atoms with van der Waals surface area (Å²) in [7, 11) is 0. The number of primary amides is 1. The average molecular weight is 404 g/mol. The lowest BCUT2D eigenvalue weighted by Crippen LogP contribution is -2.11. The van der Waals surface area contributed by atoms with E-state index in [0.29, 0.717) is 40.7 Å². The van der Waals surface area contributed by atoms with Crippen molar-refractivity contribution in [2.45, 2.75) is 26.8 Å². The van der Waals surface area contributed by atoms with Crippen LogP contribution in [0.25, 0.3) is 17.0 Å². The number of benzene rings is 2. The number of nitrogens with one attached hydrogen (secondary N) is 1. The molecule has 4 aromatic rings. The molecule has 0 bridgehead atoms. The van der Waals surface area contributed by atoms with Crippen LogP contribution in [-0.2, 0) is 13.0 Å². The lowest BCUT2D eigenvalue weighted by Gasteiger charge is -2.13.